The highest BCUT2D eigenvalue weighted by molar-refractivity contribution is 6.01. The molecule has 0 bridgehead atoms. The third-order valence-corrected chi connectivity index (χ3v) is 3.36. The van der Waals surface area contributed by atoms with E-state index in [1.807, 2.05) is 0 Å². The molecule has 3 rings (SSSR count). The minimum Gasteiger partial charge on any atom is -0.493 e. The van der Waals surface area contributed by atoms with Crippen LogP contribution in [0.2, 0.25) is 0 Å². The summed E-state index contributed by atoms with van der Waals surface area (Å²) in [6.45, 7) is 0. The number of methoxy groups -OCH3 is 2. The SMILES string of the molecule is COc1ccc(NC(=O)c2nnc(-c3ccccc3F)o2)cc1OC. The van der Waals surface area contributed by atoms with Crippen LogP contribution in [0, 0.1) is 5.82 Å². The van der Waals surface area contributed by atoms with Crippen molar-refractivity contribution in [1.29, 1.82) is 0 Å². The first-order valence-electron chi connectivity index (χ1n) is 7.24. The van der Waals surface area contributed by atoms with Crippen LogP contribution in [0.1, 0.15) is 10.7 Å². The van der Waals surface area contributed by atoms with E-state index in [2.05, 4.69) is 15.5 Å². The predicted molar refractivity (Wildman–Crippen MR) is 87.2 cm³/mol. The Morgan fingerprint density at radius 3 is 2.56 bits per heavy atom. The van der Waals surface area contributed by atoms with E-state index >= 15 is 0 Å². The van der Waals surface area contributed by atoms with Crippen molar-refractivity contribution in [3.05, 3.63) is 54.2 Å². The first-order valence-corrected chi connectivity index (χ1v) is 7.24. The molecule has 0 spiro atoms. The molecule has 128 valence electrons. The van der Waals surface area contributed by atoms with E-state index in [1.165, 1.54) is 26.4 Å². The zero-order valence-corrected chi connectivity index (χ0v) is 13.4. The molecular formula is C17H14FN3O4. The molecule has 1 amide bonds. The van der Waals surface area contributed by atoms with Crippen LogP contribution >= 0.6 is 0 Å². The van der Waals surface area contributed by atoms with Crippen molar-refractivity contribution in [3.63, 3.8) is 0 Å². The number of nitrogens with zero attached hydrogens (tertiary/aromatic N) is 2. The maximum Gasteiger partial charge on any atom is 0.313 e. The molecular weight excluding hydrogens is 329 g/mol. The molecule has 8 heteroatoms. The summed E-state index contributed by atoms with van der Waals surface area (Å²) in [7, 11) is 3.00. The van der Waals surface area contributed by atoms with E-state index in [-0.39, 0.29) is 17.3 Å². The van der Waals surface area contributed by atoms with Crippen molar-refractivity contribution in [2.45, 2.75) is 0 Å². The Hall–Kier alpha value is -3.42. The Morgan fingerprint density at radius 2 is 1.84 bits per heavy atom. The summed E-state index contributed by atoms with van der Waals surface area (Å²) in [5.74, 6) is -0.512. The summed E-state index contributed by atoms with van der Waals surface area (Å²) >= 11 is 0. The maximum absolute atomic E-state index is 13.7. The van der Waals surface area contributed by atoms with Gasteiger partial charge in [-0.2, -0.15) is 0 Å². The summed E-state index contributed by atoms with van der Waals surface area (Å²) < 4.78 is 29.3. The number of carbonyl (C=O) groups is 1. The third-order valence-electron chi connectivity index (χ3n) is 3.36. The molecule has 7 nitrogen and oxygen atoms in total. The number of ether oxygens (including phenoxy) is 2. The maximum atomic E-state index is 13.7. The largest absolute Gasteiger partial charge is 0.493 e. The van der Waals surface area contributed by atoms with Crippen LogP contribution in [0.5, 0.6) is 11.5 Å². The van der Waals surface area contributed by atoms with E-state index < -0.39 is 11.7 Å². The molecule has 0 aliphatic rings. The van der Waals surface area contributed by atoms with E-state index in [4.69, 9.17) is 13.9 Å². The molecule has 0 unspecified atom stereocenters. The average molecular weight is 343 g/mol. The predicted octanol–water partition coefficient (Wildman–Crippen LogP) is 3.15. The van der Waals surface area contributed by atoms with Gasteiger partial charge >= 0.3 is 11.8 Å². The van der Waals surface area contributed by atoms with Gasteiger partial charge in [-0.15, -0.1) is 10.2 Å². The van der Waals surface area contributed by atoms with Crippen molar-refractivity contribution in [2.24, 2.45) is 0 Å². The van der Waals surface area contributed by atoms with Crippen LogP contribution in [-0.2, 0) is 0 Å². The topological polar surface area (TPSA) is 86.5 Å². The Labute approximate surface area is 142 Å². The number of hydrogen-bond donors (Lipinski definition) is 1. The van der Waals surface area contributed by atoms with Gasteiger partial charge in [-0.25, -0.2) is 4.39 Å². The molecule has 0 radical (unpaired) electrons. The average Bonchev–Trinajstić information content (AvgIpc) is 3.12. The second-order valence-corrected chi connectivity index (χ2v) is 4.92. The number of halogens is 1. The number of rotatable bonds is 5. The molecule has 1 N–H and O–H groups in total. The summed E-state index contributed by atoms with van der Waals surface area (Å²) in [6, 6.07) is 10.8. The van der Waals surface area contributed by atoms with Gasteiger partial charge in [-0.05, 0) is 24.3 Å². The Bertz CT molecular complexity index is 910. The van der Waals surface area contributed by atoms with Crippen molar-refractivity contribution >= 4 is 11.6 Å². The fourth-order valence-electron chi connectivity index (χ4n) is 2.16. The van der Waals surface area contributed by atoms with Crippen LogP contribution in [0.25, 0.3) is 11.5 Å². The van der Waals surface area contributed by atoms with Crippen LogP contribution < -0.4 is 14.8 Å². The number of aromatic nitrogens is 2. The van der Waals surface area contributed by atoms with E-state index in [9.17, 15) is 9.18 Å². The molecule has 25 heavy (non-hydrogen) atoms. The zero-order valence-electron chi connectivity index (χ0n) is 13.4. The van der Waals surface area contributed by atoms with Gasteiger partial charge in [0.2, 0.25) is 0 Å². The number of carbonyl (C=O) groups excluding carboxylic acids is 1. The van der Waals surface area contributed by atoms with Gasteiger partial charge < -0.3 is 19.2 Å². The number of hydrogen-bond acceptors (Lipinski definition) is 6. The Morgan fingerprint density at radius 1 is 1.08 bits per heavy atom. The highest BCUT2D eigenvalue weighted by atomic mass is 19.1. The van der Waals surface area contributed by atoms with E-state index in [1.54, 1.807) is 30.3 Å². The fraction of sp³-hybridized carbons (Fsp3) is 0.118. The number of anilines is 1. The summed E-state index contributed by atoms with van der Waals surface area (Å²) in [6.07, 6.45) is 0. The Balaban J connectivity index is 1.80. The summed E-state index contributed by atoms with van der Waals surface area (Å²) in [5.41, 5.74) is 0.577. The second kappa shape index (κ2) is 7.00. The normalized spacial score (nSPS) is 10.4. The molecule has 0 saturated heterocycles. The highest BCUT2D eigenvalue weighted by Crippen LogP contribution is 2.30. The molecule has 0 saturated carbocycles. The van der Waals surface area contributed by atoms with E-state index in [0.29, 0.717) is 17.2 Å². The van der Waals surface area contributed by atoms with E-state index in [0.717, 1.165) is 0 Å². The molecule has 0 fully saturated rings. The summed E-state index contributed by atoms with van der Waals surface area (Å²) in [4.78, 5) is 12.2. The van der Waals surface area contributed by atoms with Crippen LogP contribution in [0.3, 0.4) is 0 Å². The molecule has 1 aromatic heterocycles. The van der Waals surface area contributed by atoms with Gasteiger partial charge in [0.25, 0.3) is 5.89 Å². The zero-order chi connectivity index (χ0) is 17.8. The lowest BCUT2D eigenvalue weighted by Gasteiger charge is -2.09. The molecule has 0 aliphatic heterocycles. The minimum absolute atomic E-state index is 0.0736. The monoisotopic (exact) mass is 343 g/mol. The second-order valence-electron chi connectivity index (χ2n) is 4.92. The lowest BCUT2D eigenvalue weighted by molar-refractivity contribution is 0.0990. The number of nitrogens with one attached hydrogen (secondary N) is 1. The van der Waals surface area contributed by atoms with Gasteiger partial charge in [0.15, 0.2) is 11.5 Å². The quantitative estimate of drug-likeness (QED) is 0.766. The van der Waals surface area contributed by atoms with Gasteiger partial charge in [0, 0.05) is 11.8 Å². The van der Waals surface area contributed by atoms with Gasteiger partial charge in [0.1, 0.15) is 5.82 Å². The Kier molecular flexibility index (Phi) is 4.60. The third kappa shape index (κ3) is 3.42. The highest BCUT2D eigenvalue weighted by Gasteiger charge is 2.18. The first kappa shape index (κ1) is 16.4. The van der Waals surface area contributed by atoms with Gasteiger partial charge in [0.05, 0.1) is 19.8 Å². The molecule has 2 aromatic carbocycles. The summed E-state index contributed by atoms with van der Waals surface area (Å²) in [5, 5.41) is 9.96. The van der Waals surface area contributed by atoms with Crippen molar-refractivity contribution in [2.75, 3.05) is 19.5 Å². The van der Waals surface area contributed by atoms with Gasteiger partial charge in [-0.3, -0.25) is 4.79 Å². The van der Waals surface area contributed by atoms with Gasteiger partial charge in [-0.1, -0.05) is 12.1 Å². The van der Waals surface area contributed by atoms with Crippen molar-refractivity contribution in [3.8, 4) is 23.0 Å². The van der Waals surface area contributed by atoms with Crippen LogP contribution in [0.4, 0.5) is 10.1 Å². The van der Waals surface area contributed by atoms with Crippen molar-refractivity contribution in [1.82, 2.24) is 10.2 Å². The molecule has 1 heterocycles. The van der Waals surface area contributed by atoms with Crippen molar-refractivity contribution < 1.29 is 23.1 Å². The first-order chi connectivity index (χ1) is 12.1. The standard InChI is InChI=1S/C17H14FN3O4/c1-23-13-8-7-10(9-14(13)24-2)19-15(22)17-21-20-16(25-17)11-5-3-4-6-12(11)18/h3-9H,1-2H3,(H,19,22). The lowest BCUT2D eigenvalue weighted by Crippen LogP contribution is -2.12. The smallest absolute Gasteiger partial charge is 0.313 e. The fourth-order valence-corrected chi connectivity index (χ4v) is 2.16. The van der Waals surface area contributed by atoms with Crippen LogP contribution in [0.15, 0.2) is 46.9 Å². The number of benzene rings is 2. The van der Waals surface area contributed by atoms with Crippen LogP contribution in [-0.4, -0.2) is 30.3 Å². The minimum atomic E-state index is -0.623. The lowest BCUT2D eigenvalue weighted by atomic mass is 10.2. The molecule has 0 atom stereocenters. The molecule has 3 aromatic rings. The number of amides is 1. The molecule has 0 aliphatic carbocycles.